The largest absolute Gasteiger partial charge is 0.309 e. The van der Waals surface area contributed by atoms with E-state index < -0.39 is 0 Å². The molecule has 0 amide bonds. The Morgan fingerprint density at radius 3 is 2.75 bits per heavy atom. The van der Waals surface area contributed by atoms with Crippen molar-refractivity contribution in [1.82, 2.24) is 14.9 Å². The van der Waals surface area contributed by atoms with E-state index in [0.29, 0.717) is 12.5 Å². The number of aromatic nitrogens is 2. The number of nitrogens with one attached hydrogen (secondary N) is 1. The van der Waals surface area contributed by atoms with Crippen LogP contribution in [0.3, 0.4) is 0 Å². The van der Waals surface area contributed by atoms with Gasteiger partial charge in [-0.1, -0.05) is 12.8 Å². The maximum atomic E-state index is 11.5. The maximum Gasteiger partial charge on any atom is 0.251 e. The van der Waals surface area contributed by atoms with Crippen LogP contribution in [0.15, 0.2) is 10.9 Å². The maximum absolute atomic E-state index is 11.5. The van der Waals surface area contributed by atoms with Crippen molar-refractivity contribution in [2.45, 2.75) is 38.1 Å². The Labute approximate surface area is 95.7 Å². The van der Waals surface area contributed by atoms with Gasteiger partial charge < -0.3 is 9.88 Å². The Balaban J connectivity index is 2.24. The van der Waals surface area contributed by atoms with E-state index in [2.05, 4.69) is 9.97 Å². The van der Waals surface area contributed by atoms with Gasteiger partial charge in [-0.15, -0.1) is 0 Å². The van der Waals surface area contributed by atoms with Gasteiger partial charge in [0.1, 0.15) is 5.82 Å². The molecule has 1 N–H and O–H groups in total. The van der Waals surface area contributed by atoms with Gasteiger partial charge >= 0.3 is 0 Å². The van der Waals surface area contributed by atoms with Crippen LogP contribution < -0.4 is 5.56 Å². The van der Waals surface area contributed by atoms with Crippen LogP contribution in [0.25, 0.3) is 0 Å². The Bertz CT molecular complexity index is 405. The van der Waals surface area contributed by atoms with E-state index in [-0.39, 0.29) is 5.56 Å². The normalized spacial score (nSPS) is 17.2. The summed E-state index contributed by atoms with van der Waals surface area (Å²) >= 11 is 0. The van der Waals surface area contributed by atoms with Crippen LogP contribution in [-0.4, -0.2) is 29.0 Å². The number of rotatable bonds is 3. The molecule has 88 valence electrons. The molecule has 0 unspecified atom stereocenters. The van der Waals surface area contributed by atoms with Crippen LogP contribution in [0.1, 0.15) is 43.1 Å². The predicted octanol–water partition coefficient (Wildman–Crippen LogP) is 1.49. The lowest BCUT2D eigenvalue weighted by Crippen LogP contribution is -2.19. The Morgan fingerprint density at radius 1 is 1.44 bits per heavy atom. The Kier molecular flexibility index (Phi) is 3.39. The molecular weight excluding hydrogens is 202 g/mol. The molecule has 1 saturated carbocycles. The molecule has 1 fully saturated rings. The van der Waals surface area contributed by atoms with Crippen molar-refractivity contribution < 1.29 is 0 Å². The first kappa shape index (κ1) is 11.3. The smallest absolute Gasteiger partial charge is 0.251 e. The van der Waals surface area contributed by atoms with E-state index >= 15 is 0 Å². The lowest BCUT2D eigenvalue weighted by molar-refractivity contribution is 0.388. The summed E-state index contributed by atoms with van der Waals surface area (Å²) in [7, 11) is 3.95. The van der Waals surface area contributed by atoms with Gasteiger partial charge in [-0.3, -0.25) is 4.79 Å². The van der Waals surface area contributed by atoms with Crippen LogP contribution in [0.2, 0.25) is 0 Å². The third-order valence-corrected chi connectivity index (χ3v) is 3.05. The molecule has 4 heteroatoms. The van der Waals surface area contributed by atoms with Gasteiger partial charge in [0.15, 0.2) is 0 Å². The predicted molar refractivity (Wildman–Crippen MR) is 63.5 cm³/mol. The third-order valence-electron chi connectivity index (χ3n) is 3.05. The minimum absolute atomic E-state index is 0.0197. The number of H-pyrrole nitrogens is 1. The summed E-state index contributed by atoms with van der Waals surface area (Å²) < 4.78 is 0. The molecule has 1 heterocycles. The molecule has 0 saturated heterocycles. The van der Waals surface area contributed by atoms with E-state index in [1.807, 2.05) is 19.0 Å². The van der Waals surface area contributed by atoms with Crippen molar-refractivity contribution >= 4 is 0 Å². The lowest BCUT2D eigenvalue weighted by atomic mass is 10.0. The highest BCUT2D eigenvalue weighted by Gasteiger charge is 2.19. The second-order valence-electron chi connectivity index (χ2n) is 4.84. The molecule has 0 atom stereocenters. The highest BCUT2D eigenvalue weighted by molar-refractivity contribution is 5.10. The van der Waals surface area contributed by atoms with Crippen LogP contribution in [0.4, 0.5) is 0 Å². The second-order valence-corrected chi connectivity index (χ2v) is 4.84. The van der Waals surface area contributed by atoms with Crippen molar-refractivity contribution in [3.8, 4) is 0 Å². The summed E-state index contributed by atoms with van der Waals surface area (Å²) in [5.41, 5.74) is 0.965. The highest BCUT2D eigenvalue weighted by Crippen LogP contribution is 2.32. The molecular formula is C12H19N3O. The molecule has 16 heavy (non-hydrogen) atoms. The van der Waals surface area contributed by atoms with Gasteiger partial charge in [-0.05, 0) is 26.9 Å². The molecule has 0 radical (unpaired) electrons. The van der Waals surface area contributed by atoms with Crippen molar-refractivity contribution in [2.75, 3.05) is 14.1 Å². The van der Waals surface area contributed by atoms with Gasteiger partial charge in [0, 0.05) is 12.0 Å². The number of nitrogens with zero attached hydrogens (tertiary/aromatic N) is 2. The number of aromatic amines is 1. The zero-order chi connectivity index (χ0) is 11.5. The second kappa shape index (κ2) is 4.78. The zero-order valence-electron chi connectivity index (χ0n) is 9.99. The number of hydrogen-bond acceptors (Lipinski definition) is 3. The molecule has 1 aromatic rings. The molecule has 1 aliphatic carbocycles. The molecule has 4 nitrogen and oxygen atoms in total. The van der Waals surface area contributed by atoms with Crippen molar-refractivity contribution in [2.24, 2.45) is 0 Å². The average Bonchev–Trinajstić information content (AvgIpc) is 2.67. The molecule has 0 aliphatic heterocycles. The lowest BCUT2D eigenvalue weighted by Gasteiger charge is -2.12. The van der Waals surface area contributed by atoms with Crippen molar-refractivity contribution in [3.05, 3.63) is 27.9 Å². The zero-order valence-corrected chi connectivity index (χ0v) is 9.99. The summed E-state index contributed by atoms with van der Waals surface area (Å²) in [5.74, 6) is 1.28. The van der Waals surface area contributed by atoms with Crippen molar-refractivity contribution in [1.29, 1.82) is 0 Å². The summed E-state index contributed by atoms with van der Waals surface area (Å²) in [4.78, 5) is 20.9. The topological polar surface area (TPSA) is 49.0 Å². The minimum atomic E-state index is -0.0197. The molecule has 0 spiro atoms. The van der Waals surface area contributed by atoms with Crippen LogP contribution in [0.5, 0.6) is 0 Å². The molecule has 0 aromatic carbocycles. The van der Waals surface area contributed by atoms with E-state index in [0.717, 1.165) is 11.5 Å². The first-order chi connectivity index (χ1) is 7.65. The van der Waals surface area contributed by atoms with Crippen LogP contribution in [0, 0.1) is 0 Å². The van der Waals surface area contributed by atoms with E-state index in [9.17, 15) is 4.79 Å². The summed E-state index contributed by atoms with van der Waals surface area (Å²) in [6, 6.07) is 1.66. The van der Waals surface area contributed by atoms with E-state index in [1.165, 1.54) is 25.7 Å². The molecule has 1 aliphatic rings. The van der Waals surface area contributed by atoms with Crippen LogP contribution >= 0.6 is 0 Å². The third kappa shape index (κ3) is 2.70. The first-order valence-corrected chi connectivity index (χ1v) is 5.90. The van der Waals surface area contributed by atoms with Crippen molar-refractivity contribution in [3.63, 3.8) is 0 Å². The molecule has 2 rings (SSSR count). The fourth-order valence-corrected chi connectivity index (χ4v) is 2.33. The standard InChI is InChI=1S/C12H19N3O/c1-15(2)8-11-13-10(7-12(16)14-11)9-5-3-4-6-9/h7,9H,3-6,8H2,1-2H3,(H,13,14,16). The molecule has 0 bridgehead atoms. The summed E-state index contributed by atoms with van der Waals surface area (Å²) in [6.45, 7) is 0.690. The van der Waals surface area contributed by atoms with Gasteiger partial charge in [-0.25, -0.2) is 4.98 Å². The highest BCUT2D eigenvalue weighted by atomic mass is 16.1. The minimum Gasteiger partial charge on any atom is -0.309 e. The van der Waals surface area contributed by atoms with Gasteiger partial charge in [0.2, 0.25) is 0 Å². The average molecular weight is 221 g/mol. The van der Waals surface area contributed by atoms with E-state index in [4.69, 9.17) is 0 Å². The Hall–Kier alpha value is -1.16. The quantitative estimate of drug-likeness (QED) is 0.841. The monoisotopic (exact) mass is 221 g/mol. The van der Waals surface area contributed by atoms with E-state index in [1.54, 1.807) is 6.07 Å². The SMILES string of the molecule is CN(C)Cc1nc(C2CCCC2)cc(=O)[nH]1. The van der Waals surface area contributed by atoms with Gasteiger partial charge in [-0.2, -0.15) is 0 Å². The fraction of sp³-hybridized carbons (Fsp3) is 0.667. The first-order valence-electron chi connectivity index (χ1n) is 5.90. The fourth-order valence-electron chi connectivity index (χ4n) is 2.33. The summed E-state index contributed by atoms with van der Waals surface area (Å²) in [6.07, 6.45) is 4.89. The number of hydrogen-bond donors (Lipinski definition) is 1. The molecule has 1 aromatic heterocycles. The summed E-state index contributed by atoms with van der Waals surface area (Å²) in [5, 5.41) is 0. The van der Waals surface area contributed by atoms with Gasteiger partial charge in [0.25, 0.3) is 5.56 Å². The van der Waals surface area contributed by atoms with Gasteiger partial charge in [0.05, 0.1) is 12.2 Å². The van der Waals surface area contributed by atoms with Crippen LogP contribution in [-0.2, 0) is 6.54 Å². The Morgan fingerprint density at radius 2 is 2.12 bits per heavy atom.